The van der Waals surface area contributed by atoms with Gasteiger partial charge in [-0.3, -0.25) is 14.5 Å². The Morgan fingerprint density at radius 3 is 2.59 bits per heavy atom. The first-order valence-electron chi connectivity index (χ1n) is 5.92. The van der Waals surface area contributed by atoms with Crippen molar-refractivity contribution in [1.82, 2.24) is 4.90 Å². The van der Waals surface area contributed by atoms with Crippen LogP contribution in [-0.2, 0) is 14.4 Å². The second kappa shape index (κ2) is 6.79. The van der Waals surface area contributed by atoms with Gasteiger partial charge in [-0.15, -0.1) is 0 Å². The third kappa shape index (κ3) is 4.15. The molecule has 0 saturated carbocycles. The fourth-order valence-electron chi connectivity index (χ4n) is 1.89. The molecule has 0 N–H and O–H groups in total. The van der Waals surface area contributed by atoms with E-state index < -0.39 is 0 Å². The second-order valence-electron chi connectivity index (χ2n) is 4.32. The van der Waals surface area contributed by atoms with Crippen LogP contribution in [0.1, 0.15) is 39.0 Å². The average Bonchev–Trinajstić information content (AvgIpc) is 2.54. The maximum Gasteiger partial charge on any atom is 0.242 e. The van der Waals surface area contributed by atoms with Crippen LogP contribution in [0, 0.1) is 0 Å². The topological polar surface area (TPSA) is 54.5 Å². The molecule has 0 aromatic heterocycles. The van der Waals surface area contributed by atoms with Gasteiger partial charge in [-0.2, -0.15) is 11.8 Å². The zero-order valence-corrected chi connectivity index (χ0v) is 11.2. The fraction of sp³-hybridized carbons (Fsp3) is 0.750. The highest BCUT2D eigenvalue weighted by molar-refractivity contribution is 8.00. The molecule has 1 saturated heterocycles. The lowest BCUT2D eigenvalue weighted by molar-refractivity contribution is -0.138. The molecule has 1 atom stereocenters. The lowest BCUT2D eigenvalue weighted by atomic mass is 10.1. The van der Waals surface area contributed by atoms with Crippen LogP contribution >= 0.6 is 11.8 Å². The van der Waals surface area contributed by atoms with Crippen molar-refractivity contribution >= 4 is 29.4 Å². The number of nitrogens with zero attached hydrogens (tertiary/aromatic N) is 1. The zero-order chi connectivity index (χ0) is 12.8. The molecule has 4 nitrogen and oxygen atoms in total. The smallest absolute Gasteiger partial charge is 0.242 e. The number of unbranched alkanes of at least 4 members (excludes halogenated alkanes) is 2. The molecule has 0 aromatic carbocycles. The predicted molar refractivity (Wildman–Crippen MR) is 67.8 cm³/mol. The molecule has 1 rings (SSSR count). The van der Waals surface area contributed by atoms with E-state index in [1.165, 1.54) is 16.7 Å². The van der Waals surface area contributed by atoms with Gasteiger partial charge in [0.1, 0.15) is 5.78 Å². The molecule has 1 fully saturated rings. The Balaban J connectivity index is 2.25. The summed E-state index contributed by atoms with van der Waals surface area (Å²) in [4.78, 5) is 35.4. The number of carbonyl (C=O) groups is 3. The summed E-state index contributed by atoms with van der Waals surface area (Å²) in [5.74, 6) is 0.0933. The van der Waals surface area contributed by atoms with Gasteiger partial charge in [0.2, 0.25) is 11.8 Å². The van der Waals surface area contributed by atoms with Crippen LogP contribution in [-0.4, -0.2) is 40.5 Å². The average molecular weight is 257 g/mol. The van der Waals surface area contributed by atoms with E-state index in [0.29, 0.717) is 19.4 Å². The van der Waals surface area contributed by atoms with E-state index in [1.807, 2.05) is 6.26 Å². The maximum absolute atomic E-state index is 11.7. The number of carbonyl (C=O) groups excluding carboxylic acids is 3. The van der Waals surface area contributed by atoms with E-state index in [4.69, 9.17) is 0 Å². The molecule has 1 aliphatic heterocycles. The highest BCUT2D eigenvalue weighted by Gasteiger charge is 2.37. The van der Waals surface area contributed by atoms with E-state index in [1.54, 1.807) is 6.92 Å². The molecule has 1 heterocycles. The Morgan fingerprint density at radius 2 is 2.06 bits per heavy atom. The van der Waals surface area contributed by atoms with Gasteiger partial charge in [0.15, 0.2) is 0 Å². The van der Waals surface area contributed by atoms with Crippen molar-refractivity contribution in [2.45, 2.75) is 44.3 Å². The van der Waals surface area contributed by atoms with Crippen LogP contribution in [0.25, 0.3) is 0 Å². The van der Waals surface area contributed by atoms with Crippen LogP contribution in [0.15, 0.2) is 0 Å². The van der Waals surface area contributed by atoms with Crippen molar-refractivity contribution in [3.05, 3.63) is 0 Å². The van der Waals surface area contributed by atoms with Gasteiger partial charge in [-0.1, -0.05) is 6.42 Å². The Morgan fingerprint density at radius 1 is 1.35 bits per heavy atom. The van der Waals surface area contributed by atoms with Crippen molar-refractivity contribution in [1.29, 1.82) is 0 Å². The number of likely N-dealkylation sites (tertiary alicyclic amines) is 1. The summed E-state index contributed by atoms with van der Waals surface area (Å²) < 4.78 is 0. The molecule has 2 amide bonds. The Hall–Kier alpha value is -0.840. The molecule has 1 aliphatic rings. The molecule has 1 unspecified atom stereocenters. The van der Waals surface area contributed by atoms with Crippen molar-refractivity contribution in [2.24, 2.45) is 0 Å². The van der Waals surface area contributed by atoms with Crippen molar-refractivity contribution < 1.29 is 14.4 Å². The predicted octanol–water partition coefficient (Wildman–Crippen LogP) is 1.63. The third-order valence-electron chi connectivity index (χ3n) is 2.90. The Labute approximate surface area is 106 Å². The van der Waals surface area contributed by atoms with Crippen LogP contribution in [0.4, 0.5) is 0 Å². The summed E-state index contributed by atoms with van der Waals surface area (Å²) in [6.45, 7) is 2.09. The van der Waals surface area contributed by atoms with Gasteiger partial charge < -0.3 is 4.79 Å². The number of Topliss-reactive ketones (excluding diaryl/α,β-unsaturated/α-hetero) is 1. The highest BCUT2D eigenvalue weighted by Crippen LogP contribution is 2.23. The van der Waals surface area contributed by atoms with Gasteiger partial charge in [-0.05, 0) is 26.0 Å². The maximum atomic E-state index is 11.7. The summed E-state index contributed by atoms with van der Waals surface area (Å²) in [5, 5.41) is -0.181. The van der Waals surface area contributed by atoms with E-state index in [-0.39, 0.29) is 22.8 Å². The molecule has 0 aromatic rings. The summed E-state index contributed by atoms with van der Waals surface area (Å²) >= 11 is 1.44. The fourth-order valence-corrected chi connectivity index (χ4v) is 2.53. The summed E-state index contributed by atoms with van der Waals surface area (Å²) in [5.41, 5.74) is 0. The quantitative estimate of drug-likeness (QED) is 0.514. The first kappa shape index (κ1) is 14.2. The van der Waals surface area contributed by atoms with Gasteiger partial charge in [-0.25, -0.2) is 0 Å². The first-order valence-corrected chi connectivity index (χ1v) is 7.21. The van der Waals surface area contributed by atoms with E-state index >= 15 is 0 Å². The summed E-state index contributed by atoms with van der Waals surface area (Å²) in [7, 11) is 0. The lowest BCUT2D eigenvalue weighted by Crippen LogP contribution is -2.32. The van der Waals surface area contributed by atoms with Crippen LogP contribution < -0.4 is 0 Å². The molecule has 0 bridgehead atoms. The van der Waals surface area contributed by atoms with Crippen LogP contribution in [0.2, 0.25) is 0 Å². The number of hydrogen-bond acceptors (Lipinski definition) is 4. The number of ketones is 1. The summed E-state index contributed by atoms with van der Waals surface area (Å²) in [6, 6.07) is 0. The van der Waals surface area contributed by atoms with Gasteiger partial charge in [0.25, 0.3) is 0 Å². The molecule has 0 radical (unpaired) electrons. The number of rotatable bonds is 7. The molecule has 0 spiro atoms. The minimum absolute atomic E-state index is 0.0472. The van der Waals surface area contributed by atoms with Crippen molar-refractivity contribution in [3.8, 4) is 0 Å². The number of amides is 2. The van der Waals surface area contributed by atoms with Crippen molar-refractivity contribution in [3.63, 3.8) is 0 Å². The molecular formula is C12H19NO3S. The van der Waals surface area contributed by atoms with Gasteiger partial charge in [0.05, 0.1) is 5.25 Å². The number of hydrogen-bond donors (Lipinski definition) is 0. The number of thioether (sulfide) groups is 1. The highest BCUT2D eigenvalue weighted by atomic mass is 32.2. The van der Waals surface area contributed by atoms with E-state index in [2.05, 4.69) is 0 Å². The molecular weight excluding hydrogens is 238 g/mol. The molecule has 17 heavy (non-hydrogen) atoms. The standard InChI is InChI=1S/C12H19NO3S/c1-9(14)6-4-3-5-7-13-11(15)8-10(17-2)12(13)16/h10H,3-8H2,1-2H3. The SMILES string of the molecule is CSC1CC(=O)N(CCCCCC(C)=O)C1=O. The zero-order valence-electron chi connectivity index (χ0n) is 10.4. The van der Waals surface area contributed by atoms with Gasteiger partial charge in [0, 0.05) is 19.4 Å². The minimum atomic E-state index is -0.181. The van der Waals surface area contributed by atoms with Gasteiger partial charge >= 0.3 is 0 Å². The molecule has 5 heteroatoms. The summed E-state index contributed by atoms with van der Waals surface area (Å²) in [6.07, 6.45) is 5.32. The lowest BCUT2D eigenvalue weighted by Gasteiger charge is -2.13. The Kier molecular flexibility index (Phi) is 5.68. The van der Waals surface area contributed by atoms with Crippen LogP contribution in [0.3, 0.4) is 0 Å². The monoisotopic (exact) mass is 257 g/mol. The number of imide groups is 1. The van der Waals surface area contributed by atoms with E-state index in [9.17, 15) is 14.4 Å². The molecule has 0 aliphatic carbocycles. The molecule has 96 valence electrons. The van der Waals surface area contributed by atoms with Crippen molar-refractivity contribution in [2.75, 3.05) is 12.8 Å². The Bertz CT molecular complexity index is 317. The normalized spacial score (nSPS) is 20.1. The second-order valence-corrected chi connectivity index (χ2v) is 5.37. The van der Waals surface area contributed by atoms with E-state index in [0.717, 1.165) is 19.3 Å². The third-order valence-corrected chi connectivity index (χ3v) is 3.83. The first-order chi connectivity index (χ1) is 8.06. The minimum Gasteiger partial charge on any atom is -0.300 e. The van der Waals surface area contributed by atoms with Crippen LogP contribution in [0.5, 0.6) is 0 Å². The largest absolute Gasteiger partial charge is 0.300 e.